The minimum Gasteiger partial charge on any atom is -0.495 e. The number of benzene rings is 3. The van der Waals surface area contributed by atoms with Gasteiger partial charge in [0.05, 0.1) is 14.0 Å². The average molecular weight is 557 g/mol. The lowest BCUT2D eigenvalue weighted by Crippen LogP contribution is -2.52. The van der Waals surface area contributed by atoms with Gasteiger partial charge in [-0.3, -0.25) is 25.0 Å². The summed E-state index contributed by atoms with van der Waals surface area (Å²) in [6, 6.07) is 8.64. The van der Waals surface area contributed by atoms with Crippen molar-refractivity contribution in [1.82, 2.24) is 10.2 Å². The topological polar surface area (TPSA) is 123 Å². The molecule has 0 bridgehead atoms. The lowest BCUT2D eigenvalue weighted by Gasteiger charge is -2.29. The van der Waals surface area contributed by atoms with E-state index < -0.39 is 67.4 Å². The number of ether oxygens (including phenoxy) is 3. The van der Waals surface area contributed by atoms with Gasteiger partial charge in [0.1, 0.15) is 29.9 Å². The van der Waals surface area contributed by atoms with Crippen LogP contribution in [0.2, 0.25) is 0 Å². The molecular weight excluding hydrogens is 528 g/mol. The Balaban J connectivity index is 1.28. The van der Waals surface area contributed by atoms with E-state index in [2.05, 4.69) is 5.32 Å². The normalized spacial score (nSPS) is 22.5. The molecule has 1 saturated heterocycles. The Hall–Kier alpha value is -5.00. The van der Waals surface area contributed by atoms with Crippen LogP contribution in [0.25, 0.3) is 0 Å². The number of nitrogens with one attached hydrogen (secondary N) is 2. The van der Waals surface area contributed by atoms with Crippen LogP contribution in [-0.2, 0) is 27.5 Å². The third-order valence-corrected chi connectivity index (χ3v) is 5.91. The number of carbonyl (C=O) groups is 4. The lowest BCUT2D eigenvalue weighted by molar-refractivity contribution is -0.136. The molecule has 5 rings (SSSR count). The maximum atomic E-state index is 13.5. The first kappa shape index (κ1) is 20.9. The van der Waals surface area contributed by atoms with Gasteiger partial charge in [-0.2, -0.15) is 0 Å². The largest absolute Gasteiger partial charge is 0.495 e. The van der Waals surface area contributed by atoms with Gasteiger partial charge in [-0.25, -0.2) is 13.6 Å². The Morgan fingerprint density at radius 3 is 2.58 bits per heavy atom. The molecule has 206 valence electrons. The summed E-state index contributed by atoms with van der Waals surface area (Å²) in [6.07, 6.45) is -7.65. The van der Waals surface area contributed by atoms with Crippen LogP contribution in [0.3, 0.4) is 0 Å². The third-order valence-electron chi connectivity index (χ3n) is 5.91. The molecule has 2 heterocycles. The standard InChI is InChI=1S/C28H23F2N3O7/c1-38-25-16(3-2-15-13-33(27(36)24(15)25)22-10-11-23(34)32-26(22)35)14-39-28(37)31-17-4-6-18(7-5-17)40-19-8-9-20(29)21(30)12-19/h2-9,12,22H,10-11,13-14H2,1H3,(H,31,37)(H,32,34,35)/t22-/m0/s1/i10D2,11D2,22D. The average Bonchev–Trinajstić information content (AvgIpc) is 3.33. The summed E-state index contributed by atoms with van der Waals surface area (Å²) in [4.78, 5) is 51.3. The summed E-state index contributed by atoms with van der Waals surface area (Å²) in [6.45, 7) is -0.875. The number of imide groups is 1. The second kappa shape index (κ2) is 11.0. The first-order chi connectivity index (χ1) is 21.1. The molecule has 3 aromatic carbocycles. The second-order valence-corrected chi connectivity index (χ2v) is 8.47. The molecule has 40 heavy (non-hydrogen) atoms. The van der Waals surface area contributed by atoms with Crippen LogP contribution >= 0.6 is 0 Å². The first-order valence-corrected chi connectivity index (χ1v) is 11.6. The van der Waals surface area contributed by atoms with Crippen LogP contribution in [0.5, 0.6) is 17.2 Å². The Labute approximate surface area is 233 Å². The van der Waals surface area contributed by atoms with E-state index in [9.17, 15) is 28.0 Å². The molecule has 4 amide bonds. The number of fused-ring (bicyclic) bond motifs is 1. The smallest absolute Gasteiger partial charge is 0.411 e. The highest BCUT2D eigenvalue weighted by Gasteiger charge is 2.41. The van der Waals surface area contributed by atoms with Crippen LogP contribution in [-0.4, -0.2) is 41.8 Å². The number of hydrogen-bond acceptors (Lipinski definition) is 7. The van der Waals surface area contributed by atoms with Crippen molar-refractivity contribution in [2.45, 2.75) is 31.9 Å². The highest BCUT2D eigenvalue weighted by atomic mass is 19.2. The van der Waals surface area contributed by atoms with Crippen molar-refractivity contribution >= 4 is 29.5 Å². The van der Waals surface area contributed by atoms with Gasteiger partial charge in [-0.05, 0) is 48.3 Å². The van der Waals surface area contributed by atoms with Crippen molar-refractivity contribution in [2.75, 3.05) is 12.4 Å². The molecule has 12 heteroatoms. The van der Waals surface area contributed by atoms with Crippen molar-refractivity contribution in [1.29, 1.82) is 0 Å². The molecule has 2 aliphatic rings. The summed E-state index contributed by atoms with van der Waals surface area (Å²) < 4.78 is 83.5. The fourth-order valence-corrected chi connectivity index (χ4v) is 4.07. The molecule has 1 fully saturated rings. The highest BCUT2D eigenvalue weighted by molar-refractivity contribution is 6.06. The van der Waals surface area contributed by atoms with Crippen molar-refractivity contribution in [3.8, 4) is 17.2 Å². The summed E-state index contributed by atoms with van der Waals surface area (Å²) >= 11 is 0. The van der Waals surface area contributed by atoms with Gasteiger partial charge in [0.15, 0.2) is 11.6 Å². The molecule has 1 atom stereocenters. The Kier molecular flexibility index (Phi) is 5.75. The van der Waals surface area contributed by atoms with Gasteiger partial charge in [0.25, 0.3) is 5.91 Å². The number of piperidine rings is 1. The second-order valence-electron chi connectivity index (χ2n) is 8.47. The van der Waals surface area contributed by atoms with E-state index in [4.69, 9.17) is 21.1 Å². The fraction of sp³-hybridized carbons (Fsp3) is 0.214. The van der Waals surface area contributed by atoms with Crippen molar-refractivity contribution in [3.05, 3.63) is 82.9 Å². The van der Waals surface area contributed by atoms with Crippen LogP contribution < -0.4 is 20.1 Å². The molecule has 2 N–H and O–H groups in total. The number of carbonyl (C=O) groups excluding carboxylic acids is 4. The number of halogens is 2. The van der Waals surface area contributed by atoms with Crippen molar-refractivity contribution < 1.29 is 49.0 Å². The van der Waals surface area contributed by atoms with E-state index in [1.54, 1.807) is 5.32 Å². The Morgan fingerprint density at radius 2 is 1.85 bits per heavy atom. The van der Waals surface area contributed by atoms with E-state index >= 15 is 0 Å². The van der Waals surface area contributed by atoms with Crippen LogP contribution in [0, 0.1) is 11.6 Å². The van der Waals surface area contributed by atoms with E-state index in [0.29, 0.717) is 10.6 Å². The molecule has 0 spiro atoms. The van der Waals surface area contributed by atoms with Gasteiger partial charge in [-0.15, -0.1) is 0 Å². The summed E-state index contributed by atoms with van der Waals surface area (Å²) in [5.74, 6) is -5.93. The third kappa shape index (κ3) is 5.41. The van der Waals surface area contributed by atoms with Crippen LogP contribution in [0.15, 0.2) is 54.6 Å². The zero-order chi connectivity index (χ0) is 32.9. The summed E-state index contributed by atoms with van der Waals surface area (Å²) in [7, 11) is 1.22. The predicted molar refractivity (Wildman–Crippen MR) is 136 cm³/mol. The molecule has 10 nitrogen and oxygen atoms in total. The van der Waals surface area contributed by atoms with Crippen LogP contribution in [0.1, 0.15) is 41.1 Å². The molecule has 2 aliphatic heterocycles. The highest BCUT2D eigenvalue weighted by Crippen LogP contribution is 2.36. The molecular formula is C28H23F2N3O7. The van der Waals surface area contributed by atoms with E-state index in [-0.39, 0.29) is 33.9 Å². The molecule has 0 radical (unpaired) electrons. The molecule has 0 aromatic heterocycles. The number of methoxy groups -OCH3 is 1. The quantitative estimate of drug-likeness (QED) is 0.417. The van der Waals surface area contributed by atoms with Gasteiger partial charge < -0.3 is 19.1 Å². The minimum absolute atomic E-state index is 0.0634. The monoisotopic (exact) mass is 556 g/mol. The molecule has 0 aliphatic carbocycles. The Bertz CT molecular complexity index is 1740. The van der Waals surface area contributed by atoms with Gasteiger partial charge >= 0.3 is 6.09 Å². The number of nitrogens with zero attached hydrogens (tertiary/aromatic N) is 1. The summed E-state index contributed by atoms with van der Waals surface area (Å²) in [5, 5.41) is 4.13. The first-order valence-electron chi connectivity index (χ1n) is 14.1. The molecule has 0 unspecified atom stereocenters. The van der Waals surface area contributed by atoms with Crippen molar-refractivity contribution in [2.24, 2.45) is 0 Å². The van der Waals surface area contributed by atoms with E-state index in [1.165, 1.54) is 49.6 Å². The molecule has 3 aromatic rings. The maximum absolute atomic E-state index is 13.5. The molecule has 0 saturated carbocycles. The number of amides is 4. The fourth-order valence-electron chi connectivity index (χ4n) is 4.07. The number of hydrogen-bond donors (Lipinski definition) is 2. The van der Waals surface area contributed by atoms with Crippen molar-refractivity contribution in [3.63, 3.8) is 0 Å². The zero-order valence-corrected chi connectivity index (χ0v) is 20.7. The minimum atomic E-state index is -3.43. The summed E-state index contributed by atoms with van der Waals surface area (Å²) in [5.41, 5.74) is 0.577. The van der Waals surface area contributed by atoms with E-state index in [0.717, 1.165) is 12.1 Å². The number of anilines is 1. The van der Waals surface area contributed by atoms with Gasteiger partial charge in [0.2, 0.25) is 11.8 Å². The van der Waals surface area contributed by atoms with Crippen LogP contribution in [0.4, 0.5) is 19.3 Å². The zero-order valence-electron chi connectivity index (χ0n) is 25.7. The maximum Gasteiger partial charge on any atom is 0.411 e. The SMILES string of the molecule is [2H]C1([2H])C(=O)NC(=O)[C@@]([2H])(N2Cc3ccc(COC(=O)Nc4ccc(Oc5ccc(F)c(F)c5)cc4)c(OC)c3C2=O)C1([2H])[2H]. The lowest BCUT2D eigenvalue weighted by atomic mass is 10.0. The van der Waals surface area contributed by atoms with Gasteiger partial charge in [-0.1, -0.05) is 12.1 Å². The Morgan fingerprint density at radius 1 is 1.10 bits per heavy atom. The number of rotatable bonds is 7. The predicted octanol–water partition coefficient (Wildman–Crippen LogP) is 4.28. The van der Waals surface area contributed by atoms with Gasteiger partial charge in [0, 0.05) is 35.7 Å². The van der Waals surface area contributed by atoms with E-state index in [1.807, 2.05) is 0 Å².